The lowest BCUT2D eigenvalue weighted by atomic mass is 9.43. The minimum absolute atomic E-state index is 0.0285. The van der Waals surface area contributed by atoms with Crippen LogP contribution in [-0.2, 0) is 26.9 Å². The van der Waals surface area contributed by atoms with Crippen LogP contribution >= 0.6 is 23.2 Å². The van der Waals surface area contributed by atoms with Crippen molar-refractivity contribution in [2.24, 2.45) is 17.3 Å². The highest BCUT2D eigenvalue weighted by Gasteiger charge is 2.68. The lowest BCUT2D eigenvalue weighted by Gasteiger charge is -2.64. The summed E-state index contributed by atoms with van der Waals surface area (Å²) in [5, 5.41) is 9.93. The summed E-state index contributed by atoms with van der Waals surface area (Å²) in [6, 6.07) is 21.5. The number of amides is 2. The van der Waals surface area contributed by atoms with E-state index in [1.54, 1.807) is 12.1 Å². The number of hydrogen-bond donors (Lipinski definition) is 3. The van der Waals surface area contributed by atoms with Crippen LogP contribution < -0.4 is 16.0 Å². The molecule has 6 atom stereocenters. The molecular weight excluding hydrogens is 608 g/mol. The van der Waals surface area contributed by atoms with Gasteiger partial charge in [0.05, 0.1) is 28.2 Å². The lowest BCUT2D eigenvalue weighted by molar-refractivity contribution is -0.199. The molecule has 3 aromatic rings. The predicted molar refractivity (Wildman–Crippen MR) is 180 cm³/mol. The van der Waals surface area contributed by atoms with E-state index in [1.165, 1.54) is 6.07 Å². The van der Waals surface area contributed by atoms with E-state index in [9.17, 15) is 9.59 Å². The van der Waals surface area contributed by atoms with Gasteiger partial charge in [0, 0.05) is 24.2 Å². The van der Waals surface area contributed by atoms with Gasteiger partial charge in [-0.05, 0) is 84.9 Å². The van der Waals surface area contributed by atoms with Gasteiger partial charge in [-0.1, -0.05) is 79.5 Å². The molecule has 1 aliphatic heterocycles. The lowest BCUT2D eigenvalue weighted by Crippen LogP contribution is -2.65. The molecule has 0 radical (unpaired) electrons. The highest BCUT2D eigenvalue weighted by atomic mass is 35.5. The minimum atomic E-state index is -0.913. The fraction of sp³-hybridized carbons (Fsp3) is 0.429. The number of carbonyl (C=O) groups is 2. The van der Waals surface area contributed by atoms with Crippen molar-refractivity contribution in [2.75, 3.05) is 12.4 Å². The Morgan fingerprint density at radius 2 is 1.69 bits per heavy atom. The monoisotopic (exact) mass is 647 g/mol. The molecule has 7 nitrogen and oxygen atoms in total. The van der Waals surface area contributed by atoms with Crippen LogP contribution in [-0.4, -0.2) is 49.7 Å². The molecule has 2 bridgehead atoms. The molecule has 1 saturated heterocycles. The zero-order chi connectivity index (χ0) is 31.9. The second-order valence-corrected chi connectivity index (χ2v) is 14.3. The molecule has 3 saturated carbocycles. The Morgan fingerprint density at radius 1 is 0.933 bits per heavy atom. The second-order valence-electron chi connectivity index (χ2n) is 13.4. The minimum Gasteiger partial charge on any atom is -0.404 e. The van der Waals surface area contributed by atoms with Gasteiger partial charge in [-0.3, -0.25) is 9.59 Å². The Bertz CT molecular complexity index is 1570. The molecule has 0 spiro atoms. The van der Waals surface area contributed by atoms with E-state index in [2.05, 4.69) is 36.7 Å². The summed E-state index contributed by atoms with van der Waals surface area (Å²) in [7, 11) is 1.20. The van der Waals surface area contributed by atoms with Crippen LogP contribution in [0.5, 0.6) is 0 Å². The molecule has 0 aromatic heterocycles. The predicted octanol–water partition coefficient (Wildman–Crippen LogP) is 6.37. The first-order chi connectivity index (χ1) is 21.5. The fourth-order valence-electron chi connectivity index (χ4n) is 7.64. The van der Waals surface area contributed by atoms with Gasteiger partial charge in [0.2, 0.25) is 5.91 Å². The van der Waals surface area contributed by atoms with Gasteiger partial charge in [0.1, 0.15) is 6.04 Å². The number of benzene rings is 3. The molecule has 3 N–H and O–H groups in total. The molecule has 7 rings (SSSR count). The van der Waals surface area contributed by atoms with E-state index >= 15 is 0 Å². The average molecular weight is 648 g/mol. The van der Waals surface area contributed by atoms with Crippen molar-refractivity contribution in [1.82, 2.24) is 10.6 Å². The van der Waals surface area contributed by atoms with E-state index in [-0.39, 0.29) is 34.4 Å². The van der Waals surface area contributed by atoms with Crippen molar-refractivity contribution < 1.29 is 18.9 Å². The molecule has 10 heteroatoms. The smallest absolute Gasteiger partial charge is 0.404 e. The van der Waals surface area contributed by atoms with Crippen molar-refractivity contribution in [3.63, 3.8) is 0 Å². The average Bonchev–Trinajstić information content (AvgIpc) is 3.39. The van der Waals surface area contributed by atoms with Gasteiger partial charge >= 0.3 is 7.12 Å². The van der Waals surface area contributed by atoms with E-state index in [0.717, 1.165) is 29.7 Å². The van der Waals surface area contributed by atoms with Gasteiger partial charge in [-0.2, -0.15) is 0 Å². The van der Waals surface area contributed by atoms with E-state index in [4.69, 9.17) is 32.5 Å². The first kappa shape index (κ1) is 31.9. The molecule has 3 aromatic carbocycles. The Morgan fingerprint density at radius 3 is 2.42 bits per heavy atom. The Hall–Kier alpha value is -3.04. The van der Waals surface area contributed by atoms with Crippen LogP contribution in [0.3, 0.4) is 0 Å². The molecule has 236 valence electrons. The summed E-state index contributed by atoms with van der Waals surface area (Å²) in [5.41, 5.74) is 2.81. The topological polar surface area (TPSA) is 88.7 Å². The summed E-state index contributed by atoms with van der Waals surface area (Å²) >= 11 is 12.5. The third kappa shape index (κ3) is 6.35. The quantitative estimate of drug-likeness (QED) is 0.223. The Balaban J connectivity index is 1.27. The largest absolute Gasteiger partial charge is 0.482 e. The van der Waals surface area contributed by atoms with Crippen molar-refractivity contribution >= 4 is 47.8 Å². The van der Waals surface area contributed by atoms with E-state index in [0.29, 0.717) is 23.3 Å². The summed E-state index contributed by atoms with van der Waals surface area (Å²) in [4.78, 5) is 27.7. The summed E-state index contributed by atoms with van der Waals surface area (Å²) in [6.45, 7) is 6.83. The maximum absolute atomic E-state index is 14.2. The first-order valence-electron chi connectivity index (χ1n) is 15.7. The van der Waals surface area contributed by atoms with Crippen molar-refractivity contribution in [1.29, 1.82) is 0 Å². The van der Waals surface area contributed by atoms with Crippen LogP contribution in [0.4, 0.5) is 5.69 Å². The van der Waals surface area contributed by atoms with Crippen LogP contribution in [0.15, 0.2) is 72.8 Å². The molecule has 45 heavy (non-hydrogen) atoms. The molecule has 4 fully saturated rings. The van der Waals surface area contributed by atoms with Crippen LogP contribution in [0.25, 0.3) is 0 Å². The Labute approximate surface area is 275 Å². The fourth-order valence-corrected chi connectivity index (χ4v) is 8.02. The van der Waals surface area contributed by atoms with Crippen molar-refractivity contribution in [3.05, 3.63) is 99.5 Å². The number of hydrogen-bond acceptors (Lipinski definition) is 5. The van der Waals surface area contributed by atoms with Crippen LogP contribution in [0, 0.1) is 17.3 Å². The SMILES string of the molecule is CNc1cccc(CC(NC(=O)c2cc(Cl)ccc2Cl)C(=O)N[C@@H](Cc2ccccc2)B2O[C@@H]3C[C@@H]4C[C@@H](C4(C)C)[C@]3(C)O2)c1. The first-order valence-corrected chi connectivity index (χ1v) is 16.4. The van der Waals surface area contributed by atoms with Gasteiger partial charge < -0.3 is 25.3 Å². The third-order valence-corrected chi connectivity index (χ3v) is 10.9. The molecule has 3 aliphatic carbocycles. The third-order valence-electron chi connectivity index (χ3n) is 10.4. The normalized spacial score (nSPS) is 25.8. The molecule has 1 heterocycles. The number of carbonyl (C=O) groups excluding carboxylic acids is 2. The van der Waals surface area contributed by atoms with E-state index in [1.807, 2.05) is 61.6 Å². The highest BCUT2D eigenvalue weighted by Crippen LogP contribution is 2.65. The zero-order valence-electron chi connectivity index (χ0n) is 26.1. The number of halogens is 2. The molecule has 1 unspecified atom stereocenters. The standard InChI is InChI=1S/C35H40BCl2N3O4/c1-34(2)23-18-29(34)35(3)30(19-23)44-36(45-35)31(17-21-9-6-5-7-10-21)41-33(43)28(16-22-11-8-12-25(15-22)39-4)40-32(42)26-20-24(37)13-14-27(26)38/h5-15,20,23,28-31,39H,16-19H2,1-4H3,(H,40,42)(H,41,43)/t23-,28?,29-,30+,31-,35-/m0/s1. The van der Waals surface area contributed by atoms with Crippen molar-refractivity contribution in [2.45, 2.75) is 70.1 Å². The van der Waals surface area contributed by atoms with Crippen LogP contribution in [0.1, 0.15) is 55.1 Å². The molecular formula is C35H40BCl2N3O4. The zero-order valence-corrected chi connectivity index (χ0v) is 27.6. The highest BCUT2D eigenvalue weighted by molar-refractivity contribution is 6.48. The van der Waals surface area contributed by atoms with Gasteiger partial charge in [-0.15, -0.1) is 0 Å². The number of rotatable bonds is 10. The molecule has 2 amide bonds. The summed E-state index contributed by atoms with van der Waals surface area (Å²) in [5.74, 6) is -0.312. The maximum Gasteiger partial charge on any atom is 0.482 e. The maximum atomic E-state index is 14.2. The van der Waals surface area contributed by atoms with Gasteiger partial charge in [-0.25, -0.2) is 0 Å². The van der Waals surface area contributed by atoms with Crippen LogP contribution in [0.2, 0.25) is 10.0 Å². The summed E-state index contributed by atoms with van der Waals surface area (Å²) in [6.07, 6.45) is 2.82. The Kier molecular flexibility index (Phi) is 8.96. The number of nitrogens with one attached hydrogen (secondary N) is 3. The second kappa shape index (κ2) is 12.6. The summed E-state index contributed by atoms with van der Waals surface area (Å²) < 4.78 is 13.5. The van der Waals surface area contributed by atoms with Crippen molar-refractivity contribution in [3.8, 4) is 0 Å². The number of anilines is 1. The molecule has 4 aliphatic rings. The van der Waals surface area contributed by atoms with E-state index < -0.39 is 30.6 Å². The van der Waals surface area contributed by atoms with Gasteiger partial charge in [0.15, 0.2) is 0 Å². The van der Waals surface area contributed by atoms with Gasteiger partial charge in [0.25, 0.3) is 5.91 Å².